The van der Waals surface area contributed by atoms with E-state index in [1.54, 1.807) is 39.8 Å². The van der Waals surface area contributed by atoms with Crippen LogP contribution in [0.25, 0.3) is 38.9 Å². The molecule has 168 valence electrons. The molecule has 0 saturated heterocycles. The minimum Gasteiger partial charge on any atom is -0.497 e. The number of thiazole rings is 1. The Hall–Kier alpha value is -3.98. The topological polar surface area (TPSA) is 80.3 Å². The molecule has 0 spiro atoms. The smallest absolute Gasteiger partial charge is 0.203 e. The molecule has 9 heteroatoms. The minimum absolute atomic E-state index is 0.515. The second-order valence-corrected chi connectivity index (χ2v) is 7.96. The van der Waals surface area contributed by atoms with Gasteiger partial charge in [-0.15, -0.1) is 11.3 Å². The number of imidazole rings is 1. The molecule has 0 bridgehead atoms. The van der Waals surface area contributed by atoms with Crippen LogP contribution in [-0.4, -0.2) is 43.0 Å². The van der Waals surface area contributed by atoms with Crippen LogP contribution in [0.2, 0.25) is 0 Å². The van der Waals surface area contributed by atoms with E-state index < -0.39 is 0 Å². The van der Waals surface area contributed by atoms with Gasteiger partial charge in [-0.2, -0.15) is 0 Å². The summed E-state index contributed by atoms with van der Waals surface area (Å²) in [5.74, 6) is 2.94. The van der Waals surface area contributed by atoms with Crippen LogP contribution in [0, 0.1) is 0 Å². The summed E-state index contributed by atoms with van der Waals surface area (Å²) in [5, 5.41) is 6.36. The van der Waals surface area contributed by atoms with Crippen LogP contribution in [-0.2, 0) is 0 Å². The van der Waals surface area contributed by atoms with Gasteiger partial charge in [-0.3, -0.25) is 4.40 Å². The summed E-state index contributed by atoms with van der Waals surface area (Å²) in [5.41, 5.74) is 4.03. The lowest BCUT2D eigenvalue weighted by atomic mass is 10.1. The molecule has 0 N–H and O–H groups in total. The van der Waals surface area contributed by atoms with Crippen molar-refractivity contribution >= 4 is 16.3 Å². The molecule has 5 rings (SSSR count). The fourth-order valence-corrected chi connectivity index (χ4v) is 4.44. The maximum atomic E-state index is 5.74. The molecule has 0 radical (unpaired) electrons. The first-order valence-corrected chi connectivity index (χ1v) is 10.9. The summed E-state index contributed by atoms with van der Waals surface area (Å²) >= 11 is 1.56. The Balaban J connectivity index is 1.62. The first-order valence-electron chi connectivity index (χ1n) is 10.0. The largest absolute Gasteiger partial charge is 0.497 e. The Morgan fingerprint density at radius 3 is 2.21 bits per heavy atom. The normalized spacial score (nSPS) is 11.0. The number of methoxy groups -OCH3 is 4. The molecule has 0 aliphatic carbocycles. The van der Waals surface area contributed by atoms with Crippen molar-refractivity contribution in [2.45, 2.75) is 0 Å². The number of nitrogens with zero attached hydrogens (tertiary/aromatic N) is 3. The van der Waals surface area contributed by atoms with E-state index in [4.69, 9.17) is 28.5 Å². The van der Waals surface area contributed by atoms with Crippen molar-refractivity contribution in [3.63, 3.8) is 0 Å². The molecule has 2 aromatic carbocycles. The lowest BCUT2D eigenvalue weighted by molar-refractivity contribution is 0.324. The average molecular weight is 464 g/mol. The Kier molecular flexibility index (Phi) is 5.39. The molecule has 0 atom stereocenters. The zero-order valence-corrected chi connectivity index (χ0v) is 19.3. The van der Waals surface area contributed by atoms with Crippen LogP contribution < -0.4 is 18.9 Å². The fraction of sp³-hybridized carbons (Fsp3) is 0.167. The van der Waals surface area contributed by atoms with Crippen molar-refractivity contribution in [2.75, 3.05) is 28.4 Å². The van der Waals surface area contributed by atoms with E-state index in [0.29, 0.717) is 28.7 Å². The number of rotatable bonds is 7. The Labute approximate surface area is 193 Å². The lowest BCUT2D eigenvalue weighted by Gasteiger charge is -2.12. The van der Waals surface area contributed by atoms with E-state index in [2.05, 4.69) is 5.16 Å². The third kappa shape index (κ3) is 3.56. The van der Waals surface area contributed by atoms with Gasteiger partial charge in [-0.25, -0.2) is 4.98 Å². The molecule has 3 aromatic heterocycles. The van der Waals surface area contributed by atoms with Gasteiger partial charge in [0.25, 0.3) is 0 Å². The highest BCUT2D eigenvalue weighted by molar-refractivity contribution is 7.15. The van der Waals surface area contributed by atoms with Crippen LogP contribution in [0.3, 0.4) is 0 Å². The second kappa shape index (κ2) is 8.51. The minimum atomic E-state index is 0.515. The fourth-order valence-electron chi connectivity index (χ4n) is 3.73. The summed E-state index contributed by atoms with van der Waals surface area (Å²) in [6.07, 6.45) is 1.98. The van der Waals surface area contributed by atoms with Crippen molar-refractivity contribution in [2.24, 2.45) is 0 Å². The average Bonchev–Trinajstić information content (AvgIpc) is 3.59. The lowest BCUT2D eigenvalue weighted by Crippen LogP contribution is -1.95. The van der Waals surface area contributed by atoms with Crippen molar-refractivity contribution in [3.8, 4) is 57.0 Å². The molecular weight excluding hydrogens is 442 g/mol. The molecule has 0 fully saturated rings. The first-order chi connectivity index (χ1) is 16.2. The van der Waals surface area contributed by atoms with Crippen LogP contribution in [0.5, 0.6) is 23.0 Å². The predicted octanol–water partition coefficient (Wildman–Crippen LogP) is 5.42. The van der Waals surface area contributed by atoms with Gasteiger partial charge in [0, 0.05) is 28.8 Å². The van der Waals surface area contributed by atoms with Crippen molar-refractivity contribution in [1.82, 2.24) is 14.5 Å². The summed E-state index contributed by atoms with van der Waals surface area (Å²) in [6, 6.07) is 13.3. The Morgan fingerprint density at radius 2 is 1.58 bits per heavy atom. The van der Waals surface area contributed by atoms with E-state index in [9.17, 15) is 0 Å². The molecule has 5 aromatic rings. The van der Waals surface area contributed by atoms with Gasteiger partial charge in [-0.1, -0.05) is 5.16 Å². The summed E-state index contributed by atoms with van der Waals surface area (Å²) in [6.45, 7) is 0. The molecule has 33 heavy (non-hydrogen) atoms. The Morgan fingerprint density at radius 1 is 0.848 bits per heavy atom. The molecule has 0 amide bonds. The molecule has 8 nitrogen and oxygen atoms in total. The number of hydrogen-bond acceptors (Lipinski definition) is 8. The second-order valence-electron chi connectivity index (χ2n) is 7.08. The number of hydrogen-bond donors (Lipinski definition) is 0. The van der Waals surface area contributed by atoms with Gasteiger partial charge in [-0.05, 0) is 36.4 Å². The van der Waals surface area contributed by atoms with E-state index in [-0.39, 0.29) is 0 Å². The number of aromatic nitrogens is 3. The highest BCUT2D eigenvalue weighted by Gasteiger charge is 2.22. The van der Waals surface area contributed by atoms with Crippen LogP contribution >= 0.6 is 11.3 Å². The summed E-state index contributed by atoms with van der Waals surface area (Å²) in [4.78, 5) is 5.71. The highest BCUT2D eigenvalue weighted by atomic mass is 32.1. The number of benzene rings is 2. The zero-order chi connectivity index (χ0) is 22.9. The van der Waals surface area contributed by atoms with Crippen molar-refractivity contribution in [3.05, 3.63) is 54.0 Å². The predicted molar refractivity (Wildman–Crippen MR) is 126 cm³/mol. The van der Waals surface area contributed by atoms with E-state index >= 15 is 0 Å². The molecule has 3 heterocycles. The molecule has 0 aliphatic heterocycles. The van der Waals surface area contributed by atoms with Gasteiger partial charge >= 0.3 is 0 Å². The SMILES string of the molecule is COc1ccc(-c2nc3sccn3c2-c2cc(-c3cc(OC)c(OC)c(OC)c3)on2)cc1. The molecule has 0 aliphatic rings. The first kappa shape index (κ1) is 20.9. The Bertz CT molecular complexity index is 1390. The third-order valence-electron chi connectivity index (χ3n) is 5.33. The molecular formula is C24H21N3O5S. The molecule has 0 saturated carbocycles. The maximum Gasteiger partial charge on any atom is 0.203 e. The zero-order valence-electron chi connectivity index (χ0n) is 18.5. The monoisotopic (exact) mass is 463 g/mol. The number of ether oxygens (including phenoxy) is 4. The van der Waals surface area contributed by atoms with Gasteiger partial charge < -0.3 is 23.5 Å². The quantitative estimate of drug-likeness (QED) is 0.319. The highest BCUT2D eigenvalue weighted by Crippen LogP contribution is 2.42. The summed E-state index contributed by atoms with van der Waals surface area (Å²) < 4.78 is 29.4. The van der Waals surface area contributed by atoms with Crippen molar-refractivity contribution < 1.29 is 23.5 Å². The van der Waals surface area contributed by atoms with Crippen molar-refractivity contribution in [1.29, 1.82) is 0 Å². The van der Waals surface area contributed by atoms with Crippen LogP contribution in [0.4, 0.5) is 0 Å². The van der Waals surface area contributed by atoms with Gasteiger partial charge in [0.2, 0.25) is 5.75 Å². The van der Waals surface area contributed by atoms with Crippen LogP contribution in [0.15, 0.2) is 58.6 Å². The van der Waals surface area contributed by atoms with E-state index in [1.165, 1.54) is 0 Å². The molecule has 0 unspecified atom stereocenters. The number of fused-ring (bicyclic) bond motifs is 1. The van der Waals surface area contributed by atoms with Gasteiger partial charge in [0.1, 0.15) is 17.1 Å². The third-order valence-corrected chi connectivity index (χ3v) is 6.08. The standard InChI is InChI=1S/C24H21N3O5S/c1-28-16-7-5-14(6-8-16)21-22(27-9-10-33-24(27)25-21)17-13-18(32-26-17)15-11-19(29-2)23(31-4)20(12-15)30-3/h5-13H,1-4H3. The van der Waals surface area contributed by atoms with Gasteiger partial charge in [0.15, 0.2) is 22.2 Å². The van der Waals surface area contributed by atoms with Crippen LogP contribution in [0.1, 0.15) is 0 Å². The summed E-state index contributed by atoms with van der Waals surface area (Å²) in [7, 11) is 6.37. The van der Waals surface area contributed by atoms with E-state index in [1.807, 2.05) is 58.4 Å². The maximum absolute atomic E-state index is 5.74. The van der Waals surface area contributed by atoms with E-state index in [0.717, 1.165) is 33.2 Å². The van der Waals surface area contributed by atoms with Gasteiger partial charge in [0.05, 0.1) is 34.1 Å².